The third-order valence-corrected chi connectivity index (χ3v) is 3.01. The second-order valence-corrected chi connectivity index (χ2v) is 4.36. The van der Waals surface area contributed by atoms with Crippen molar-refractivity contribution in [2.45, 2.75) is 12.8 Å². The van der Waals surface area contributed by atoms with Crippen LogP contribution in [0, 0.1) is 0 Å². The maximum absolute atomic E-state index is 10.4. The van der Waals surface area contributed by atoms with Crippen LogP contribution in [0.4, 0.5) is 10.9 Å². The van der Waals surface area contributed by atoms with Crippen molar-refractivity contribution in [3.63, 3.8) is 0 Å². The van der Waals surface area contributed by atoms with Crippen molar-refractivity contribution in [3.05, 3.63) is 23.3 Å². The fraction of sp³-hybridized carbons (Fsp3) is 0.300. The fourth-order valence-corrected chi connectivity index (χ4v) is 2.07. The largest absolute Gasteiger partial charge is 0.481 e. The molecule has 0 aliphatic carbocycles. The molecule has 0 radical (unpaired) electrons. The zero-order valence-electron chi connectivity index (χ0n) is 9.25. The van der Waals surface area contributed by atoms with Gasteiger partial charge in [0.25, 0.3) is 0 Å². The fourth-order valence-electron chi connectivity index (χ4n) is 1.32. The van der Waals surface area contributed by atoms with Gasteiger partial charge in [-0.15, -0.1) is 11.3 Å². The second kappa shape index (κ2) is 4.96. The van der Waals surface area contributed by atoms with E-state index in [-0.39, 0.29) is 6.42 Å². The lowest BCUT2D eigenvalue weighted by Gasteiger charge is -2.01. The van der Waals surface area contributed by atoms with Gasteiger partial charge in [-0.25, -0.2) is 4.98 Å². The highest BCUT2D eigenvalue weighted by Crippen LogP contribution is 2.20. The summed E-state index contributed by atoms with van der Waals surface area (Å²) in [6, 6.07) is 1.85. The highest BCUT2D eigenvalue weighted by molar-refractivity contribution is 7.13. The van der Waals surface area contributed by atoms with E-state index < -0.39 is 5.97 Å². The molecule has 2 heterocycles. The number of carboxylic acids is 1. The van der Waals surface area contributed by atoms with Gasteiger partial charge in [-0.1, -0.05) is 0 Å². The SMILES string of the molecule is Cn1nccc1Nc1nc(CCC(=O)O)cs1. The number of aryl methyl sites for hydroxylation is 2. The highest BCUT2D eigenvalue weighted by atomic mass is 32.1. The molecule has 0 saturated heterocycles. The van der Waals surface area contributed by atoms with Gasteiger partial charge in [0.2, 0.25) is 0 Å². The topological polar surface area (TPSA) is 80.0 Å². The summed E-state index contributed by atoms with van der Waals surface area (Å²) in [5, 5.41) is 18.3. The summed E-state index contributed by atoms with van der Waals surface area (Å²) in [6.07, 6.45) is 2.26. The number of nitrogens with one attached hydrogen (secondary N) is 1. The molecule has 2 N–H and O–H groups in total. The van der Waals surface area contributed by atoms with Crippen LogP contribution in [0.25, 0.3) is 0 Å². The molecule has 0 amide bonds. The van der Waals surface area contributed by atoms with Gasteiger partial charge in [0.15, 0.2) is 5.13 Å². The molecule has 2 rings (SSSR count). The van der Waals surface area contributed by atoms with Crippen LogP contribution in [0.15, 0.2) is 17.6 Å². The van der Waals surface area contributed by atoms with Gasteiger partial charge >= 0.3 is 5.97 Å². The minimum atomic E-state index is -0.806. The van der Waals surface area contributed by atoms with Gasteiger partial charge in [0, 0.05) is 24.9 Å². The molecule has 0 aromatic carbocycles. The van der Waals surface area contributed by atoms with Crippen LogP contribution < -0.4 is 5.32 Å². The second-order valence-electron chi connectivity index (χ2n) is 3.50. The predicted octanol–water partition coefficient (Wildman–Crippen LogP) is 1.64. The zero-order valence-corrected chi connectivity index (χ0v) is 10.1. The Kier molecular flexibility index (Phi) is 3.38. The Labute approximate surface area is 102 Å². The molecule has 0 unspecified atom stereocenters. The molecule has 0 atom stereocenters. The summed E-state index contributed by atoms with van der Waals surface area (Å²) in [6.45, 7) is 0. The first kappa shape index (κ1) is 11.6. The Balaban J connectivity index is 1.99. The van der Waals surface area contributed by atoms with Crippen LogP contribution in [-0.2, 0) is 18.3 Å². The normalized spacial score (nSPS) is 10.4. The molecule has 2 aromatic rings. The minimum Gasteiger partial charge on any atom is -0.481 e. The molecule has 0 bridgehead atoms. The van der Waals surface area contributed by atoms with E-state index in [0.717, 1.165) is 16.6 Å². The Bertz CT molecular complexity index is 520. The number of aromatic nitrogens is 3. The lowest BCUT2D eigenvalue weighted by Crippen LogP contribution is -2.00. The molecule has 0 fully saturated rings. The highest BCUT2D eigenvalue weighted by Gasteiger charge is 2.06. The molecule has 7 heteroatoms. The van der Waals surface area contributed by atoms with Crippen molar-refractivity contribution in [2.75, 3.05) is 5.32 Å². The summed E-state index contributed by atoms with van der Waals surface area (Å²) in [5.41, 5.74) is 0.794. The third-order valence-electron chi connectivity index (χ3n) is 2.20. The van der Waals surface area contributed by atoms with E-state index in [9.17, 15) is 4.79 Å². The van der Waals surface area contributed by atoms with Gasteiger partial charge in [0.1, 0.15) is 5.82 Å². The van der Waals surface area contributed by atoms with E-state index in [1.54, 1.807) is 10.9 Å². The molecule has 6 nitrogen and oxygen atoms in total. The molecular formula is C10H12N4O2S. The van der Waals surface area contributed by atoms with Gasteiger partial charge in [-0.3, -0.25) is 9.48 Å². The van der Waals surface area contributed by atoms with Crippen LogP contribution in [0.3, 0.4) is 0 Å². The van der Waals surface area contributed by atoms with Crippen LogP contribution >= 0.6 is 11.3 Å². The summed E-state index contributed by atoms with van der Waals surface area (Å²) in [4.78, 5) is 14.7. The number of hydrogen-bond acceptors (Lipinski definition) is 5. The lowest BCUT2D eigenvalue weighted by atomic mass is 10.2. The molecule has 0 aliphatic rings. The average molecular weight is 252 g/mol. The van der Waals surface area contributed by atoms with Crippen molar-refractivity contribution < 1.29 is 9.90 Å². The van der Waals surface area contributed by atoms with Crippen molar-refractivity contribution in [1.29, 1.82) is 0 Å². The molecular weight excluding hydrogens is 240 g/mol. The van der Waals surface area contributed by atoms with E-state index in [4.69, 9.17) is 5.11 Å². The molecule has 0 aliphatic heterocycles. The van der Waals surface area contributed by atoms with E-state index in [2.05, 4.69) is 15.4 Å². The first-order chi connectivity index (χ1) is 8.15. The third kappa shape index (κ3) is 3.04. The Morgan fingerprint density at radius 3 is 3.12 bits per heavy atom. The predicted molar refractivity (Wildman–Crippen MR) is 64.6 cm³/mol. The number of carbonyl (C=O) groups is 1. The molecule has 0 saturated carbocycles. The van der Waals surface area contributed by atoms with Gasteiger partial charge in [-0.2, -0.15) is 5.10 Å². The molecule has 90 valence electrons. The number of aliphatic carboxylic acids is 1. The summed E-state index contributed by atoms with van der Waals surface area (Å²) >= 11 is 1.45. The van der Waals surface area contributed by atoms with E-state index >= 15 is 0 Å². The first-order valence-electron chi connectivity index (χ1n) is 5.06. The summed E-state index contributed by atoms with van der Waals surface area (Å²) < 4.78 is 1.71. The van der Waals surface area contributed by atoms with Crippen LogP contribution in [-0.4, -0.2) is 25.8 Å². The Morgan fingerprint density at radius 1 is 1.65 bits per heavy atom. The van der Waals surface area contributed by atoms with Crippen LogP contribution in [0.5, 0.6) is 0 Å². The van der Waals surface area contributed by atoms with Gasteiger partial charge in [-0.05, 0) is 0 Å². The van der Waals surface area contributed by atoms with E-state index in [1.807, 2.05) is 18.5 Å². The number of anilines is 2. The maximum Gasteiger partial charge on any atom is 0.303 e. The first-order valence-corrected chi connectivity index (χ1v) is 5.94. The van der Waals surface area contributed by atoms with Crippen LogP contribution in [0.2, 0.25) is 0 Å². The van der Waals surface area contributed by atoms with Crippen molar-refractivity contribution in [1.82, 2.24) is 14.8 Å². The maximum atomic E-state index is 10.4. The quantitative estimate of drug-likeness (QED) is 0.845. The standard InChI is InChI=1S/C10H12N4O2S/c1-14-8(4-5-11-14)13-10-12-7(6-17-10)2-3-9(15)16/h4-6H,2-3H2,1H3,(H,12,13)(H,15,16). The lowest BCUT2D eigenvalue weighted by molar-refractivity contribution is -0.136. The number of carboxylic acid groups (broad SMARTS) is 1. The molecule has 17 heavy (non-hydrogen) atoms. The summed E-state index contributed by atoms with van der Waals surface area (Å²) in [7, 11) is 1.83. The smallest absolute Gasteiger partial charge is 0.303 e. The number of nitrogens with zero attached hydrogens (tertiary/aromatic N) is 3. The van der Waals surface area contributed by atoms with E-state index in [1.165, 1.54) is 11.3 Å². The Morgan fingerprint density at radius 2 is 2.47 bits per heavy atom. The van der Waals surface area contributed by atoms with Crippen molar-refractivity contribution in [2.24, 2.45) is 7.05 Å². The number of thiazole rings is 1. The number of hydrogen-bond donors (Lipinski definition) is 2. The summed E-state index contributed by atoms with van der Waals surface area (Å²) in [5.74, 6) is 0.0447. The minimum absolute atomic E-state index is 0.106. The van der Waals surface area contributed by atoms with Crippen LogP contribution in [0.1, 0.15) is 12.1 Å². The number of rotatable bonds is 5. The Hall–Kier alpha value is -1.89. The molecule has 0 spiro atoms. The monoisotopic (exact) mass is 252 g/mol. The average Bonchev–Trinajstić information content (AvgIpc) is 2.87. The molecule has 2 aromatic heterocycles. The van der Waals surface area contributed by atoms with Crippen molar-refractivity contribution >= 4 is 28.3 Å². The van der Waals surface area contributed by atoms with E-state index in [0.29, 0.717) is 6.42 Å². The van der Waals surface area contributed by atoms with Gasteiger partial charge < -0.3 is 10.4 Å². The zero-order chi connectivity index (χ0) is 12.3. The van der Waals surface area contributed by atoms with Crippen molar-refractivity contribution in [3.8, 4) is 0 Å². The van der Waals surface area contributed by atoms with Gasteiger partial charge in [0.05, 0.1) is 18.3 Å².